The summed E-state index contributed by atoms with van der Waals surface area (Å²) < 4.78 is 5.64. The molecule has 1 rings (SSSR count). The number of rotatable bonds is 7. The number of allylic oxidation sites excluding steroid dienone is 4. The van der Waals surface area contributed by atoms with Gasteiger partial charge in [-0.05, 0) is 66.2 Å². The van der Waals surface area contributed by atoms with Crippen molar-refractivity contribution in [3.05, 3.63) is 34.9 Å². The second-order valence-corrected chi connectivity index (χ2v) is 7.11. The fraction of sp³-hybridized carbons (Fsp3) is 0.650. The van der Waals surface area contributed by atoms with Crippen LogP contribution in [0.15, 0.2) is 34.9 Å². The Balaban J connectivity index is 2.77. The largest absolute Gasteiger partial charge is 0.456 e. The number of hydrogen-bond donors (Lipinski definition) is 2. The molecule has 1 aliphatic heterocycles. The summed E-state index contributed by atoms with van der Waals surface area (Å²) >= 11 is 0. The first-order valence-electron chi connectivity index (χ1n) is 8.78. The van der Waals surface area contributed by atoms with Crippen LogP contribution in [0.1, 0.15) is 66.2 Å². The third-order valence-electron chi connectivity index (χ3n) is 4.45. The predicted octanol–water partition coefficient (Wildman–Crippen LogP) is 3.83. The lowest BCUT2D eigenvalue weighted by atomic mass is 9.87. The summed E-state index contributed by atoms with van der Waals surface area (Å²) in [5.41, 5.74) is 1.94. The first-order chi connectivity index (χ1) is 11.3. The van der Waals surface area contributed by atoms with Crippen LogP contribution in [0.3, 0.4) is 0 Å². The molecule has 0 bridgehead atoms. The molecule has 2 N–H and O–H groups in total. The van der Waals surface area contributed by atoms with Crippen molar-refractivity contribution in [2.75, 3.05) is 6.61 Å². The van der Waals surface area contributed by atoms with Crippen LogP contribution in [0.4, 0.5) is 0 Å². The van der Waals surface area contributed by atoms with E-state index in [1.54, 1.807) is 13.0 Å². The van der Waals surface area contributed by atoms with Gasteiger partial charge in [0.25, 0.3) is 0 Å². The number of aliphatic hydroxyl groups excluding tert-OH is 1. The quantitative estimate of drug-likeness (QED) is 0.548. The van der Waals surface area contributed by atoms with E-state index in [4.69, 9.17) is 9.84 Å². The van der Waals surface area contributed by atoms with E-state index in [9.17, 15) is 9.90 Å². The van der Waals surface area contributed by atoms with Crippen LogP contribution < -0.4 is 0 Å². The predicted molar refractivity (Wildman–Crippen MR) is 96.6 cm³/mol. The molecule has 0 aromatic rings. The molecular formula is C20H32O4. The van der Waals surface area contributed by atoms with Gasteiger partial charge >= 0.3 is 5.97 Å². The van der Waals surface area contributed by atoms with E-state index in [-0.39, 0.29) is 12.6 Å². The van der Waals surface area contributed by atoms with Gasteiger partial charge in [0.2, 0.25) is 0 Å². The van der Waals surface area contributed by atoms with Crippen LogP contribution in [-0.4, -0.2) is 34.5 Å². The fourth-order valence-electron chi connectivity index (χ4n) is 2.82. The third-order valence-corrected chi connectivity index (χ3v) is 4.45. The lowest BCUT2D eigenvalue weighted by molar-refractivity contribution is -0.161. The average Bonchev–Trinajstić information content (AvgIpc) is 2.48. The zero-order valence-corrected chi connectivity index (χ0v) is 15.5. The molecule has 1 aliphatic rings. The number of esters is 1. The number of carbonyl (C=O) groups is 1. The van der Waals surface area contributed by atoms with Crippen LogP contribution in [0.2, 0.25) is 0 Å². The molecule has 136 valence electrons. The number of ether oxygens (including phenoxy) is 1. The summed E-state index contributed by atoms with van der Waals surface area (Å²) in [6.07, 6.45) is 9.21. The Bertz CT molecular complexity index is 508. The molecule has 0 amide bonds. The molecule has 4 nitrogen and oxygen atoms in total. The lowest BCUT2D eigenvalue weighted by Crippen LogP contribution is -2.43. The molecule has 0 radical (unpaired) electrons. The minimum Gasteiger partial charge on any atom is -0.456 e. The minimum absolute atomic E-state index is 0.00390. The van der Waals surface area contributed by atoms with Gasteiger partial charge in [-0.1, -0.05) is 29.4 Å². The highest BCUT2D eigenvalue weighted by Crippen LogP contribution is 2.29. The fourth-order valence-corrected chi connectivity index (χ4v) is 2.82. The Kier molecular flexibility index (Phi) is 8.43. The monoisotopic (exact) mass is 336 g/mol. The summed E-state index contributed by atoms with van der Waals surface area (Å²) in [7, 11) is 0. The topological polar surface area (TPSA) is 66.8 Å². The molecule has 0 aromatic carbocycles. The van der Waals surface area contributed by atoms with Crippen molar-refractivity contribution in [2.45, 2.75) is 77.9 Å². The summed E-state index contributed by atoms with van der Waals surface area (Å²) in [6, 6.07) is 0. The Morgan fingerprint density at radius 2 is 2.08 bits per heavy atom. The number of carbonyl (C=O) groups excluding carboxylic acids is 1. The van der Waals surface area contributed by atoms with Gasteiger partial charge in [0.05, 0.1) is 12.2 Å². The second kappa shape index (κ2) is 9.80. The van der Waals surface area contributed by atoms with E-state index in [1.807, 2.05) is 26.8 Å². The molecule has 1 heterocycles. The normalized spacial score (nSPS) is 27.6. The standard InChI is InChI=1S/C20H32O4/c1-15(2)7-5-8-17-9-6-13-20(4,23)18(24-19(17)22)11-10-16(3)12-14-21/h7,9,12,18,21,23H,5-6,8,10-11,13-14H2,1-4H3/b16-12+,17-9-. The van der Waals surface area contributed by atoms with Gasteiger partial charge in [-0.25, -0.2) is 4.79 Å². The van der Waals surface area contributed by atoms with E-state index in [2.05, 4.69) is 6.08 Å². The number of cyclic esters (lactones) is 1. The Hall–Kier alpha value is -1.39. The van der Waals surface area contributed by atoms with E-state index < -0.39 is 11.7 Å². The van der Waals surface area contributed by atoms with Crippen molar-refractivity contribution in [3.8, 4) is 0 Å². The third kappa shape index (κ3) is 7.02. The molecule has 0 saturated heterocycles. The van der Waals surface area contributed by atoms with Crippen molar-refractivity contribution in [3.63, 3.8) is 0 Å². The maximum Gasteiger partial charge on any atom is 0.334 e. The molecule has 0 aliphatic carbocycles. The van der Waals surface area contributed by atoms with Crippen LogP contribution >= 0.6 is 0 Å². The maximum absolute atomic E-state index is 12.4. The molecule has 0 aromatic heterocycles. The Morgan fingerprint density at radius 3 is 2.71 bits per heavy atom. The van der Waals surface area contributed by atoms with Crippen molar-refractivity contribution in [1.29, 1.82) is 0 Å². The van der Waals surface area contributed by atoms with Crippen molar-refractivity contribution in [2.24, 2.45) is 0 Å². The molecule has 0 fully saturated rings. The van der Waals surface area contributed by atoms with Crippen molar-refractivity contribution in [1.82, 2.24) is 0 Å². The highest BCUT2D eigenvalue weighted by Gasteiger charge is 2.36. The van der Waals surface area contributed by atoms with E-state index in [0.717, 1.165) is 12.0 Å². The van der Waals surface area contributed by atoms with Gasteiger partial charge in [-0.3, -0.25) is 0 Å². The van der Waals surface area contributed by atoms with Crippen molar-refractivity contribution < 1.29 is 19.7 Å². The first kappa shape index (κ1) is 20.7. The smallest absolute Gasteiger partial charge is 0.334 e. The SMILES string of the molecule is CC(C)=CCC/C1=C/CCC(C)(O)C(CC/C(C)=C/CO)OC1=O. The average molecular weight is 336 g/mol. The Labute approximate surface area is 145 Å². The first-order valence-corrected chi connectivity index (χ1v) is 8.78. The maximum atomic E-state index is 12.4. The van der Waals surface area contributed by atoms with E-state index >= 15 is 0 Å². The summed E-state index contributed by atoms with van der Waals surface area (Å²) in [4.78, 5) is 12.4. The molecule has 2 atom stereocenters. The molecule has 0 saturated carbocycles. The molecule has 2 unspecified atom stereocenters. The van der Waals surface area contributed by atoms with Gasteiger partial charge in [0.1, 0.15) is 6.10 Å². The van der Waals surface area contributed by atoms with Gasteiger partial charge in [-0.2, -0.15) is 0 Å². The Morgan fingerprint density at radius 1 is 1.38 bits per heavy atom. The number of hydrogen-bond acceptors (Lipinski definition) is 4. The van der Waals surface area contributed by atoms with Gasteiger partial charge < -0.3 is 14.9 Å². The molecular weight excluding hydrogens is 304 g/mol. The summed E-state index contributed by atoms with van der Waals surface area (Å²) in [5.74, 6) is -0.314. The van der Waals surface area contributed by atoms with Gasteiger partial charge in [0.15, 0.2) is 0 Å². The van der Waals surface area contributed by atoms with E-state index in [1.165, 1.54) is 5.57 Å². The van der Waals surface area contributed by atoms with E-state index in [0.29, 0.717) is 37.7 Å². The summed E-state index contributed by atoms with van der Waals surface area (Å²) in [5, 5.41) is 19.6. The van der Waals surface area contributed by atoms with Crippen LogP contribution in [-0.2, 0) is 9.53 Å². The van der Waals surface area contributed by atoms with Crippen LogP contribution in [0, 0.1) is 0 Å². The molecule has 24 heavy (non-hydrogen) atoms. The highest BCUT2D eigenvalue weighted by atomic mass is 16.6. The minimum atomic E-state index is -1.03. The lowest BCUT2D eigenvalue weighted by Gasteiger charge is -2.34. The second-order valence-electron chi connectivity index (χ2n) is 7.11. The van der Waals surface area contributed by atoms with Gasteiger partial charge in [-0.15, -0.1) is 0 Å². The molecule has 0 spiro atoms. The van der Waals surface area contributed by atoms with Gasteiger partial charge in [0, 0.05) is 5.57 Å². The van der Waals surface area contributed by atoms with Crippen molar-refractivity contribution >= 4 is 5.97 Å². The zero-order valence-electron chi connectivity index (χ0n) is 15.5. The van der Waals surface area contributed by atoms with Crippen LogP contribution in [0.5, 0.6) is 0 Å². The molecule has 4 heteroatoms. The summed E-state index contributed by atoms with van der Waals surface area (Å²) in [6.45, 7) is 7.75. The van der Waals surface area contributed by atoms with Crippen LogP contribution in [0.25, 0.3) is 0 Å². The zero-order chi connectivity index (χ0) is 18.2. The highest BCUT2D eigenvalue weighted by molar-refractivity contribution is 5.88. The number of aliphatic hydroxyl groups is 2.